The molecular formula is C21H27N5O3. The number of nitrogens with one attached hydrogen (secondary N) is 2. The highest BCUT2D eigenvalue weighted by Crippen LogP contribution is 2.16. The Kier molecular flexibility index (Phi) is 6.99. The predicted octanol–water partition coefficient (Wildman–Crippen LogP) is 2.75. The summed E-state index contributed by atoms with van der Waals surface area (Å²) in [6.45, 7) is 5.94. The topological polar surface area (TPSA) is 96.5 Å². The number of rotatable bonds is 6. The van der Waals surface area contributed by atoms with Gasteiger partial charge in [0, 0.05) is 25.7 Å². The minimum Gasteiger partial charge on any atom is -0.450 e. The van der Waals surface area contributed by atoms with E-state index in [2.05, 4.69) is 20.8 Å². The smallest absolute Gasteiger partial charge is 0.409 e. The Bertz CT molecular complexity index is 832. The number of ether oxygens (including phenoxy) is 1. The van der Waals surface area contributed by atoms with Gasteiger partial charge in [0.15, 0.2) is 5.69 Å². The van der Waals surface area contributed by atoms with Crippen LogP contribution in [0.25, 0.3) is 0 Å². The Morgan fingerprint density at radius 1 is 1.17 bits per heavy atom. The fraction of sp³-hybridized carbons (Fsp3) is 0.429. The molecule has 0 radical (unpaired) electrons. The van der Waals surface area contributed by atoms with Gasteiger partial charge in [-0.15, -0.1) is 10.2 Å². The van der Waals surface area contributed by atoms with E-state index in [0.29, 0.717) is 32.1 Å². The second kappa shape index (κ2) is 9.86. The number of carbonyl (C=O) groups is 2. The van der Waals surface area contributed by atoms with E-state index in [1.807, 2.05) is 31.2 Å². The molecule has 1 aliphatic heterocycles. The summed E-state index contributed by atoms with van der Waals surface area (Å²) in [5, 5.41) is 14.3. The van der Waals surface area contributed by atoms with Crippen molar-refractivity contribution in [3.8, 4) is 0 Å². The summed E-state index contributed by atoms with van der Waals surface area (Å²) in [4.78, 5) is 25.7. The second-order valence-corrected chi connectivity index (χ2v) is 7.08. The first-order valence-electron chi connectivity index (χ1n) is 9.91. The lowest BCUT2D eigenvalue weighted by Crippen LogP contribution is -2.42. The fourth-order valence-corrected chi connectivity index (χ4v) is 3.26. The summed E-state index contributed by atoms with van der Waals surface area (Å²) in [5.41, 5.74) is 2.47. The normalized spacial score (nSPS) is 14.3. The Morgan fingerprint density at radius 3 is 2.62 bits per heavy atom. The van der Waals surface area contributed by atoms with Crippen molar-refractivity contribution in [1.29, 1.82) is 0 Å². The van der Waals surface area contributed by atoms with Crippen molar-refractivity contribution in [1.82, 2.24) is 20.4 Å². The first-order valence-corrected chi connectivity index (χ1v) is 9.91. The second-order valence-electron chi connectivity index (χ2n) is 7.08. The highest BCUT2D eigenvalue weighted by atomic mass is 16.6. The van der Waals surface area contributed by atoms with Gasteiger partial charge in [0.05, 0.1) is 6.61 Å². The maximum atomic E-state index is 12.3. The molecule has 1 aliphatic rings. The van der Waals surface area contributed by atoms with Crippen LogP contribution in [0.4, 0.5) is 10.6 Å². The van der Waals surface area contributed by atoms with Crippen LogP contribution in [0.2, 0.25) is 0 Å². The van der Waals surface area contributed by atoms with Crippen molar-refractivity contribution in [2.45, 2.75) is 39.3 Å². The number of likely N-dealkylation sites (tertiary alicyclic amines) is 1. The van der Waals surface area contributed by atoms with E-state index in [-0.39, 0.29) is 23.7 Å². The molecule has 0 spiro atoms. The number of carbonyl (C=O) groups excluding carboxylic acids is 2. The number of anilines is 1. The van der Waals surface area contributed by atoms with E-state index in [1.54, 1.807) is 24.0 Å². The monoisotopic (exact) mass is 397 g/mol. The van der Waals surface area contributed by atoms with Crippen LogP contribution in [0.3, 0.4) is 0 Å². The van der Waals surface area contributed by atoms with Crippen LogP contribution >= 0.6 is 0 Å². The molecule has 2 aromatic rings. The number of amides is 2. The van der Waals surface area contributed by atoms with Crippen molar-refractivity contribution in [3.63, 3.8) is 0 Å². The Morgan fingerprint density at radius 2 is 1.97 bits per heavy atom. The molecule has 0 bridgehead atoms. The van der Waals surface area contributed by atoms with Crippen LogP contribution in [0.1, 0.15) is 41.4 Å². The molecule has 29 heavy (non-hydrogen) atoms. The molecule has 1 aromatic heterocycles. The van der Waals surface area contributed by atoms with Crippen molar-refractivity contribution in [3.05, 3.63) is 53.2 Å². The first kappa shape index (κ1) is 20.6. The van der Waals surface area contributed by atoms with E-state index in [1.165, 1.54) is 0 Å². The predicted molar refractivity (Wildman–Crippen MR) is 110 cm³/mol. The van der Waals surface area contributed by atoms with Crippen molar-refractivity contribution in [2.75, 3.05) is 25.0 Å². The van der Waals surface area contributed by atoms with Gasteiger partial charge in [-0.3, -0.25) is 4.79 Å². The molecule has 0 saturated carbocycles. The lowest BCUT2D eigenvalue weighted by atomic mass is 10.1. The quantitative estimate of drug-likeness (QED) is 0.778. The summed E-state index contributed by atoms with van der Waals surface area (Å²) in [6.07, 6.45) is 1.35. The van der Waals surface area contributed by atoms with Crippen LogP contribution in [0.15, 0.2) is 36.4 Å². The van der Waals surface area contributed by atoms with Crippen molar-refractivity contribution in [2.24, 2.45) is 0 Å². The van der Waals surface area contributed by atoms with Crippen molar-refractivity contribution < 1.29 is 14.3 Å². The highest BCUT2D eigenvalue weighted by molar-refractivity contribution is 5.92. The van der Waals surface area contributed by atoms with E-state index >= 15 is 0 Å². The van der Waals surface area contributed by atoms with Gasteiger partial charge in [-0.1, -0.05) is 29.8 Å². The molecule has 154 valence electrons. The van der Waals surface area contributed by atoms with E-state index < -0.39 is 0 Å². The third-order valence-electron chi connectivity index (χ3n) is 4.81. The minimum atomic E-state index is -0.258. The maximum absolute atomic E-state index is 12.3. The lowest BCUT2D eigenvalue weighted by molar-refractivity contribution is 0.0944. The number of aryl methyl sites for hydroxylation is 1. The SMILES string of the molecule is CCOC(=O)N1CCC(Nc2ccc(C(=O)NCc3cccc(C)c3)nn2)CC1. The molecule has 1 fully saturated rings. The van der Waals surface area contributed by atoms with E-state index in [4.69, 9.17) is 4.74 Å². The molecule has 2 amide bonds. The van der Waals surface area contributed by atoms with Crippen molar-refractivity contribution >= 4 is 17.8 Å². The fourth-order valence-electron chi connectivity index (χ4n) is 3.26. The highest BCUT2D eigenvalue weighted by Gasteiger charge is 2.23. The summed E-state index contributed by atoms with van der Waals surface area (Å²) < 4.78 is 5.03. The average molecular weight is 397 g/mol. The van der Waals surface area contributed by atoms with Gasteiger partial charge in [0.2, 0.25) is 0 Å². The van der Waals surface area contributed by atoms with Crippen LogP contribution < -0.4 is 10.6 Å². The molecule has 1 saturated heterocycles. The van der Waals surface area contributed by atoms with Crippen LogP contribution in [-0.4, -0.2) is 52.8 Å². The largest absolute Gasteiger partial charge is 0.450 e. The molecule has 0 atom stereocenters. The third kappa shape index (κ3) is 5.91. The Hall–Kier alpha value is -3.16. The maximum Gasteiger partial charge on any atom is 0.409 e. The minimum absolute atomic E-state index is 0.205. The molecule has 2 heterocycles. The lowest BCUT2D eigenvalue weighted by Gasteiger charge is -2.31. The van der Waals surface area contributed by atoms with Gasteiger partial charge in [-0.05, 0) is 44.4 Å². The number of hydrogen-bond donors (Lipinski definition) is 2. The molecule has 3 rings (SSSR count). The van der Waals surface area contributed by atoms with Gasteiger partial charge in [-0.25, -0.2) is 4.79 Å². The summed E-state index contributed by atoms with van der Waals surface area (Å²) in [5.74, 6) is 0.364. The number of nitrogens with zero attached hydrogens (tertiary/aromatic N) is 3. The van der Waals surface area contributed by atoms with E-state index in [9.17, 15) is 9.59 Å². The Balaban J connectivity index is 1.46. The summed E-state index contributed by atoms with van der Waals surface area (Å²) >= 11 is 0. The summed E-state index contributed by atoms with van der Waals surface area (Å²) in [7, 11) is 0. The van der Waals surface area contributed by atoms with Crippen LogP contribution in [0, 0.1) is 6.92 Å². The molecule has 1 aromatic carbocycles. The summed E-state index contributed by atoms with van der Waals surface area (Å²) in [6, 6.07) is 11.6. The number of hydrogen-bond acceptors (Lipinski definition) is 6. The standard InChI is InChI=1S/C21H27N5O3/c1-3-29-21(28)26-11-9-17(10-12-26)23-19-8-7-18(24-25-19)20(27)22-14-16-6-4-5-15(2)13-16/h4-8,13,17H,3,9-12,14H2,1-2H3,(H,22,27)(H,23,25). The molecule has 8 nitrogen and oxygen atoms in total. The average Bonchev–Trinajstić information content (AvgIpc) is 2.73. The van der Waals surface area contributed by atoms with Gasteiger partial charge in [0.1, 0.15) is 5.82 Å². The molecule has 8 heteroatoms. The molecule has 0 unspecified atom stereocenters. The van der Waals surface area contributed by atoms with Gasteiger partial charge in [0.25, 0.3) is 5.91 Å². The number of piperidine rings is 1. The van der Waals surface area contributed by atoms with Gasteiger partial charge in [-0.2, -0.15) is 0 Å². The van der Waals surface area contributed by atoms with Gasteiger partial charge < -0.3 is 20.3 Å². The van der Waals surface area contributed by atoms with Crippen LogP contribution in [-0.2, 0) is 11.3 Å². The number of benzene rings is 1. The van der Waals surface area contributed by atoms with E-state index in [0.717, 1.165) is 24.0 Å². The zero-order chi connectivity index (χ0) is 20.6. The van der Waals surface area contributed by atoms with Gasteiger partial charge >= 0.3 is 6.09 Å². The molecule has 0 aliphatic carbocycles. The zero-order valence-electron chi connectivity index (χ0n) is 16.9. The molecule has 2 N–H and O–H groups in total. The van der Waals surface area contributed by atoms with Crippen LogP contribution in [0.5, 0.6) is 0 Å². The molecular weight excluding hydrogens is 370 g/mol. The number of aromatic nitrogens is 2. The first-order chi connectivity index (χ1) is 14.0. The zero-order valence-corrected chi connectivity index (χ0v) is 16.9. The Labute approximate surface area is 170 Å². The third-order valence-corrected chi connectivity index (χ3v) is 4.81.